The Morgan fingerprint density at radius 1 is 1.18 bits per heavy atom. The van der Waals surface area contributed by atoms with Crippen molar-refractivity contribution in [2.75, 3.05) is 13.6 Å². The van der Waals surface area contributed by atoms with Crippen LogP contribution >= 0.6 is 0 Å². The molecule has 0 radical (unpaired) electrons. The molecule has 0 atom stereocenters. The summed E-state index contributed by atoms with van der Waals surface area (Å²) in [5.74, 6) is -0.317. The lowest BCUT2D eigenvalue weighted by molar-refractivity contribution is -0.120. The first-order valence-corrected chi connectivity index (χ1v) is 8.95. The first kappa shape index (κ1) is 17.7. The average Bonchev–Trinajstić information content (AvgIpc) is 3.28. The van der Waals surface area contributed by atoms with Crippen molar-refractivity contribution in [2.24, 2.45) is 7.05 Å². The molecule has 3 N–H and O–H groups in total. The third-order valence-electron chi connectivity index (χ3n) is 4.72. The maximum Gasteiger partial charge on any atom is 0.251 e. The molecule has 3 aromatic heterocycles. The van der Waals surface area contributed by atoms with Gasteiger partial charge in [0.2, 0.25) is 5.91 Å². The standard InChI is InChI=1S/C20H20N6O2/c1-21-18(27)5-6-24-20(28)12-3-4-17-13(9-12)14(11-26(17)2)15-10-16-19(25-15)23-8-7-22-16/h3-4,7-11H,5-6H2,1-2H3,(H,21,27)(H,23,25)(H,24,28). The second kappa shape index (κ2) is 7.15. The van der Waals surface area contributed by atoms with E-state index in [2.05, 4.69) is 25.6 Å². The fourth-order valence-electron chi connectivity index (χ4n) is 3.26. The number of fused-ring (bicyclic) bond motifs is 2. The molecule has 4 rings (SSSR count). The maximum absolute atomic E-state index is 12.5. The first-order chi connectivity index (χ1) is 13.6. The van der Waals surface area contributed by atoms with Crippen molar-refractivity contribution in [1.82, 2.24) is 30.2 Å². The Hall–Kier alpha value is -3.68. The summed E-state index contributed by atoms with van der Waals surface area (Å²) in [5, 5.41) is 6.27. The Morgan fingerprint density at radius 2 is 2.00 bits per heavy atom. The minimum Gasteiger partial charge on any atom is -0.359 e. The lowest BCUT2D eigenvalue weighted by atomic mass is 10.1. The van der Waals surface area contributed by atoms with Gasteiger partial charge in [0.1, 0.15) is 5.52 Å². The van der Waals surface area contributed by atoms with Gasteiger partial charge >= 0.3 is 0 Å². The topological polar surface area (TPSA) is 105 Å². The molecule has 142 valence electrons. The molecule has 0 aliphatic heterocycles. The quantitative estimate of drug-likeness (QED) is 0.495. The molecule has 8 nitrogen and oxygen atoms in total. The summed E-state index contributed by atoms with van der Waals surface area (Å²) in [6.07, 6.45) is 5.57. The largest absolute Gasteiger partial charge is 0.359 e. The van der Waals surface area contributed by atoms with Gasteiger partial charge in [-0.2, -0.15) is 0 Å². The fourth-order valence-corrected chi connectivity index (χ4v) is 3.26. The monoisotopic (exact) mass is 376 g/mol. The molecule has 0 aliphatic carbocycles. The van der Waals surface area contributed by atoms with Crippen molar-refractivity contribution in [3.63, 3.8) is 0 Å². The van der Waals surface area contributed by atoms with Crippen molar-refractivity contribution in [1.29, 1.82) is 0 Å². The van der Waals surface area contributed by atoms with E-state index in [1.165, 1.54) is 0 Å². The number of benzene rings is 1. The summed E-state index contributed by atoms with van der Waals surface area (Å²) in [4.78, 5) is 35.7. The molecule has 1 aromatic carbocycles. The zero-order valence-corrected chi connectivity index (χ0v) is 15.6. The molecular formula is C20H20N6O2. The van der Waals surface area contributed by atoms with Crippen LogP contribution in [0.5, 0.6) is 0 Å². The van der Waals surface area contributed by atoms with Crippen LogP contribution in [0.15, 0.2) is 42.9 Å². The van der Waals surface area contributed by atoms with Crippen LogP contribution in [0.2, 0.25) is 0 Å². The number of aromatic amines is 1. The maximum atomic E-state index is 12.5. The highest BCUT2D eigenvalue weighted by molar-refractivity contribution is 6.03. The van der Waals surface area contributed by atoms with E-state index in [0.717, 1.165) is 33.3 Å². The molecular weight excluding hydrogens is 356 g/mol. The number of hydrogen-bond acceptors (Lipinski definition) is 4. The summed E-state index contributed by atoms with van der Waals surface area (Å²) in [6.45, 7) is 0.289. The van der Waals surface area contributed by atoms with Crippen LogP contribution in [0.3, 0.4) is 0 Å². The highest BCUT2D eigenvalue weighted by atomic mass is 16.2. The predicted molar refractivity (Wildman–Crippen MR) is 107 cm³/mol. The highest BCUT2D eigenvalue weighted by Crippen LogP contribution is 2.31. The molecule has 3 heterocycles. The SMILES string of the molecule is CNC(=O)CCNC(=O)c1ccc2c(c1)c(-c1cc3nccnc3[nH]1)cn2C. The van der Waals surface area contributed by atoms with Gasteiger partial charge in [-0.3, -0.25) is 14.6 Å². The van der Waals surface area contributed by atoms with Crippen LogP contribution < -0.4 is 10.6 Å². The summed E-state index contributed by atoms with van der Waals surface area (Å²) in [7, 11) is 3.54. The van der Waals surface area contributed by atoms with Crippen LogP contribution in [0.25, 0.3) is 33.3 Å². The van der Waals surface area contributed by atoms with E-state index >= 15 is 0 Å². The van der Waals surface area contributed by atoms with Gasteiger partial charge in [0.05, 0.1) is 5.69 Å². The average molecular weight is 376 g/mol. The molecule has 0 saturated carbocycles. The van der Waals surface area contributed by atoms with Crippen molar-refractivity contribution in [2.45, 2.75) is 6.42 Å². The predicted octanol–water partition coefficient (Wildman–Crippen LogP) is 1.98. The molecule has 4 aromatic rings. The summed E-state index contributed by atoms with van der Waals surface area (Å²) in [6, 6.07) is 7.53. The molecule has 2 amide bonds. The van der Waals surface area contributed by atoms with E-state index in [1.807, 2.05) is 36.0 Å². The lowest BCUT2D eigenvalue weighted by Gasteiger charge is -2.06. The van der Waals surface area contributed by atoms with E-state index in [0.29, 0.717) is 5.56 Å². The number of carbonyl (C=O) groups is 2. The Kier molecular flexibility index (Phi) is 4.52. The van der Waals surface area contributed by atoms with Crippen molar-refractivity contribution in [3.8, 4) is 11.3 Å². The summed E-state index contributed by atoms with van der Waals surface area (Å²) >= 11 is 0. The Bertz CT molecular complexity index is 1160. The molecule has 0 bridgehead atoms. The zero-order valence-electron chi connectivity index (χ0n) is 15.6. The number of nitrogens with zero attached hydrogens (tertiary/aromatic N) is 3. The van der Waals surface area contributed by atoms with E-state index < -0.39 is 0 Å². The third kappa shape index (κ3) is 3.20. The minimum atomic E-state index is -0.208. The lowest BCUT2D eigenvalue weighted by Crippen LogP contribution is -2.29. The van der Waals surface area contributed by atoms with E-state index in [4.69, 9.17) is 0 Å². The van der Waals surface area contributed by atoms with Crippen LogP contribution in [0.4, 0.5) is 0 Å². The van der Waals surface area contributed by atoms with E-state index in [-0.39, 0.29) is 24.8 Å². The number of aromatic nitrogens is 4. The Morgan fingerprint density at radius 3 is 2.79 bits per heavy atom. The Labute approximate surface area is 161 Å². The Balaban J connectivity index is 1.67. The van der Waals surface area contributed by atoms with Gasteiger partial charge in [0, 0.05) is 67.7 Å². The molecule has 0 fully saturated rings. The number of nitrogens with one attached hydrogen (secondary N) is 3. The number of rotatable bonds is 5. The number of aryl methyl sites for hydroxylation is 1. The number of carbonyl (C=O) groups excluding carboxylic acids is 2. The number of H-pyrrole nitrogens is 1. The normalized spacial score (nSPS) is 11.1. The molecule has 0 aliphatic rings. The second-order valence-electron chi connectivity index (χ2n) is 6.54. The molecule has 8 heteroatoms. The fraction of sp³-hybridized carbons (Fsp3) is 0.200. The van der Waals surface area contributed by atoms with Crippen LogP contribution in [-0.2, 0) is 11.8 Å². The van der Waals surface area contributed by atoms with Gasteiger partial charge in [-0.05, 0) is 24.3 Å². The van der Waals surface area contributed by atoms with Gasteiger partial charge in [-0.1, -0.05) is 0 Å². The van der Waals surface area contributed by atoms with Gasteiger partial charge in [0.25, 0.3) is 5.91 Å². The van der Waals surface area contributed by atoms with E-state index in [1.54, 1.807) is 25.5 Å². The van der Waals surface area contributed by atoms with Crippen LogP contribution in [0, 0.1) is 0 Å². The second-order valence-corrected chi connectivity index (χ2v) is 6.54. The molecule has 28 heavy (non-hydrogen) atoms. The summed E-state index contributed by atoms with van der Waals surface area (Å²) in [5.41, 5.74) is 4.93. The van der Waals surface area contributed by atoms with Gasteiger partial charge < -0.3 is 20.2 Å². The first-order valence-electron chi connectivity index (χ1n) is 8.95. The smallest absolute Gasteiger partial charge is 0.251 e. The number of amides is 2. The molecule has 0 saturated heterocycles. The van der Waals surface area contributed by atoms with Crippen molar-refractivity contribution < 1.29 is 9.59 Å². The van der Waals surface area contributed by atoms with Gasteiger partial charge in [0.15, 0.2) is 5.65 Å². The molecule has 0 spiro atoms. The van der Waals surface area contributed by atoms with Gasteiger partial charge in [-0.15, -0.1) is 0 Å². The van der Waals surface area contributed by atoms with Crippen LogP contribution in [-0.4, -0.2) is 44.9 Å². The number of hydrogen-bond donors (Lipinski definition) is 3. The minimum absolute atomic E-state index is 0.109. The van der Waals surface area contributed by atoms with Gasteiger partial charge in [-0.25, -0.2) is 4.98 Å². The van der Waals surface area contributed by atoms with Crippen LogP contribution in [0.1, 0.15) is 16.8 Å². The van der Waals surface area contributed by atoms with E-state index in [9.17, 15) is 9.59 Å². The summed E-state index contributed by atoms with van der Waals surface area (Å²) < 4.78 is 2.02. The van der Waals surface area contributed by atoms with Crippen molar-refractivity contribution >= 4 is 33.9 Å². The third-order valence-corrected chi connectivity index (χ3v) is 4.72. The zero-order chi connectivity index (χ0) is 19.7. The highest BCUT2D eigenvalue weighted by Gasteiger charge is 2.14. The van der Waals surface area contributed by atoms with Crippen molar-refractivity contribution in [3.05, 3.63) is 48.4 Å². The molecule has 0 unspecified atom stereocenters.